The number of carbonyl (C=O) groups is 2. The van der Waals surface area contributed by atoms with E-state index in [4.69, 9.17) is 23.2 Å². The van der Waals surface area contributed by atoms with Gasteiger partial charge in [0.15, 0.2) is 11.6 Å². The van der Waals surface area contributed by atoms with Crippen molar-refractivity contribution < 1.29 is 9.59 Å². The summed E-state index contributed by atoms with van der Waals surface area (Å²) in [5, 5.41) is 1.07. The second kappa shape index (κ2) is 10.3. The maximum Gasteiger partial charge on any atom is 0.193 e. The van der Waals surface area contributed by atoms with Crippen LogP contribution in [0.5, 0.6) is 0 Å². The minimum atomic E-state index is -0.0719. The van der Waals surface area contributed by atoms with Crippen molar-refractivity contribution >= 4 is 34.8 Å². The second-order valence-electron chi connectivity index (χ2n) is 8.38. The molecule has 0 fully saturated rings. The predicted molar refractivity (Wildman–Crippen MR) is 147 cm³/mol. The topological polar surface area (TPSA) is 34.1 Å². The zero-order valence-corrected chi connectivity index (χ0v) is 20.6. The van der Waals surface area contributed by atoms with Gasteiger partial charge in [0.2, 0.25) is 0 Å². The Balaban J connectivity index is 1.42. The first-order valence-corrected chi connectivity index (χ1v) is 12.2. The molecule has 0 radical (unpaired) electrons. The van der Waals surface area contributed by atoms with Crippen molar-refractivity contribution in [2.45, 2.75) is 0 Å². The number of hydrogen-bond acceptors (Lipinski definition) is 2. The van der Waals surface area contributed by atoms with Gasteiger partial charge in [0, 0.05) is 32.3 Å². The number of benzene rings is 5. The Morgan fingerprint density at radius 2 is 0.806 bits per heavy atom. The molecule has 0 amide bonds. The Morgan fingerprint density at radius 3 is 1.17 bits per heavy atom. The summed E-state index contributed by atoms with van der Waals surface area (Å²) in [6.45, 7) is 0. The summed E-state index contributed by atoms with van der Waals surface area (Å²) >= 11 is 12.1. The minimum Gasteiger partial charge on any atom is -0.289 e. The highest BCUT2D eigenvalue weighted by molar-refractivity contribution is 6.31. The van der Waals surface area contributed by atoms with Gasteiger partial charge >= 0.3 is 0 Å². The van der Waals surface area contributed by atoms with Crippen LogP contribution in [0.3, 0.4) is 0 Å². The summed E-state index contributed by atoms with van der Waals surface area (Å²) in [6, 6.07) is 37.1. The molecule has 4 heteroatoms. The summed E-state index contributed by atoms with van der Waals surface area (Å²) in [5.41, 5.74) is 6.37. The van der Waals surface area contributed by atoms with Crippen molar-refractivity contribution in [3.05, 3.63) is 154 Å². The first kappa shape index (κ1) is 23.7. The van der Waals surface area contributed by atoms with E-state index in [1.807, 2.05) is 72.8 Å². The highest BCUT2D eigenvalue weighted by atomic mass is 35.5. The molecule has 174 valence electrons. The molecule has 0 unspecified atom stereocenters. The fourth-order valence-electron chi connectivity index (χ4n) is 4.18. The Kier molecular flexibility index (Phi) is 6.81. The molecule has 5 aromatic rings. The van der Waals surface area contributed by atoms with Gasteiger partial charge in [-0.25, -0.2) is 0 Å². The molecule has 5 rings (SSSR count). The predicted octanol–water partition coefficient (Wildman–Crippen LogP) is 8.79. The molecule has 0 aliphatic heterocycles. The normalized spacial score (nSPS) is 10.7. The molecule has 5 aromatic carbocycles. The van der Waals surface area contributed by atoms with Crippen LogP contribution in [0.1, 0.15) is 31.8 Å². The Morgan fingerprint density at radius 1 is 0.417 bits per heavy atom. The molecule has 0 bridgehead atoms. The van der Waals surface area contributed by atoms with Crippen LogP contribution in [0, 0.1) is 0 Å². The molecule has 0 aliphatic rings. The van der Waals surface area contributed by atoms with Crippen molar-refractivity contribution in [2.24, 2.45) is 0 Å². The third-order valence-corrected chi connectivity index (χ3v) is 6.49. The minimum absolute atomic E-state index is 0.0719. The molecule has 36 heavy (non-hydrogen) atoms. The molecule has 0 spiro atoms. The van der Waals surface area contributed by atoms with E-state index in [0.717, 1.165) is 22.3 Å². The second-order valence-corrected chi connectivity index (χ2v) is 9.25. The SMILES string of the molecule is O=C(c1ccc(-c2ccccc2-c2ccc(C(=O)c3cccc(Cl)c3)cc2)cc1)c1cccc(Cl)c1. The number of hydrogen-bond donors (Lipinski definition) is 0. The standard InChI is InChI=1S/C32H20Cl2O2/c33-27-7-3-5-25(19-27)31(35)23-15-11-21(12-16-23)29-9-1-2-10-30(29)22-13-17-24(18-14-22)32(36)26-6-4-8-28(34)20-26/h1-20H. The third kappa shape index (κ3) is 5.01. The number of ketones is 2. The van der Waals surface area contributed by atoms with E-state index in [1.54, 1.807) is 48.5 Å². The quantitative estimate of drug-likeness (QED) is 0.215. The maximum atomic E-state index is 12.8. The highest BCUT2D eigenvalue weighted by Gasteiger charge is 2.13. The zero-order chi connectivity index (χ0) is 25.1. The molecule has 0 aliphatic carbocycles. The van der Waals surface area contributed by atoms with Gasteiger partial charge in [-0.3, -0.25) is 9.59 Å². The summed E-state index contributed by atoms with van der Waals surface area (Å²) in [5.74, 6) is -0.144. The fraction of sp³-hybridized carbons (Fsp3) is 0. The molecule has 0 N–H and O–H groups in total. The lowest BCUT2D eigenvalue weighted by atomic mass is 9.92. The van der Waals surface area contributed by atoms with Gasteiger partial charge < -0.3 is 0 Å². The average molecular weight is 507 g/mol. The number of carbonyl (C=O) groups excluding carboxylic acids is 2. The number of halogens is 2. The molecule has 0 atom stereocenters. The van der Waals surface area contributed by atoms with Crippen molar-refractivity contribution in [2.75, 3.05) is 0 Å². The van der Waals surface area contributed by atoms with Gasteiger partial charge in [-0.05, 0) is 46.5 Å². The lowest BCUT2D eigenvalue weighted by molar-refractivity contribution is 0.103. The first-order valence-electron chi connectivity index (χ1n) is 11.4. The Bertz CT molecular complexity index is 1450. The van der Waals surface area contributed by atoms with E-state index in [0.29, 0.717) is 32.3 Å². The van der Waals surface area contributed by atoms with Crippen LogP contribution in [-0.4, -0.2) is 11.6 Å². The molecule has 2 nitrogen and oxygen atoms in total. The van der Waals surface area contributed by atoms with E-state index in [-0.39, 0.29) is 11.6 Å². The summed E-state index contributed by atoms with van der Waals surface area (Å²) in [7, 11) is 0. The zero-order valence-electron chi connectivity index (χ0n) is 19.1. The van der Waals surface area contributed by atoms with Crippen molar-refractivity contribution in [3.8, 4) is 22.3 Å². The highest BCUT2D eigenvalue weighted by Crippen LogP contribution is 2.33. The first-order chi connectivity index (χ1) is 17.5. The van der Waals surface area contributed by atoms with Gasteiger partial charge in [-0.1, -0.05) is 120 Å². The Hall–Kier alpha value is -3.98. The van der Waals surface area contributed by atoms with Gasteiger partial charge in [0.25, 0.3) is 0 Å². The molecule has 0 saturated carbocycles. The van der Waals surface area contributed by atoms with Crippen LogP contribution in [0.2, 0.25) is 10.0 Å². The van der Waals surface area contributed by atoms with Gasteiger partial charge in [-0.2, -0.15) is 0 Å². The number of rotatable bonds is 6. The van der Waals surface area contributed by atoms with Gasteiger partial charge in [0.05, 0.1) is 0 Å². The van der Waals surface area contributed by atoms with Crippen LogP contribution in [-0.2, 0) is 0 Å². The molecular weight excluding hydrogens is 487 g/mol. The monoisotopic (exact) mass is 506 g/mol. The van der Waals surface area contributed by atoms with Crippen molar-refractivity contribution in [1.82, 2.24) is 0 Å². The molecule has 0 heterocycles. The summed E-state index contributed by atoms with van der Waals surface area (Å²) < 4.78 is 0. The van der Waals surface area contributed by atoms with Crippen LogP contribution in [0.4, 0.5) is 0 Å². The van der Waals surface area contributed by atoms with Gasteiger partial charge in [0.1, 0.15) is 0 Å². The van der Waals surface area contributed by atoms with Crippen molar-refractivity contribution in [1.29, 1.82) is 0 Å². The van der Waals surface area contributed by atoms with E-state index in [2.05, 4.69) is 0 Å². The largest absolute Gasteiger partial charge is 0.289 e. The van der Waals surface area contributed by atoms with Crippen LogP contribution < -0.4 is 0 Å². The average Bonchev–Trinajstić information content (AvgIpc) is 2.92. The lowest BCUT2D eigenvalue weighted by Crippen LogP contribution is -2.01. The van der Waals surface area contributed by atoms with Crippen LogP contribution in [0.15, 0.2) is 121 Å². The molecule has 0 aromatic heterocycles. The van der Waals surface area contributed by atoms with E-state index < -0.39 is 0 Å². The lowest BCUT2D eigenvalue weighted by Gasteiger charge is -2.12. The summed E-state index contributed by atoms with van der Waals surface area (Å²) in [4.78, 5) is 25.7. The molecule has 0 saturated heterocycles. The Labute approximate surface area is 219 Å². The summed E-state index contributed by atoms with van der Waals surface area (Å²) in [6.07, 6.45) is 0. The fourth-order valence-corrected chi connectivity index (χ4v) is 4.56. The van der Waals surface area contributed by atoms with E-state index >= 15 is 0 Å². The molecular formula is C32H20Cl2O2. The van der Waals surface area contributed by atoms with E-state index in [1.165, 1.54) is 0 Å². The third-order valence-electron chi connectivity index (χ3n) is 6.02. The van der Waals surface area contributed by atoms with Gasteiger partial charge in [-0.15, -0.1) is 0 Å². The van der Waals surface area contributed by atoms with Crippen LogP contribution in [0.25, 0.3) is 22.3 Å². The smallest absolute Gasteiger partial charge is 0.193 e. The van der Waals surface area contributed by atoms with Crippen molar-refractivity contribution in [3.63, 3.8) is 0 Å². The maximum absolute atomic E-state index is 12.8. The van der Waals surface area contributed by atoms with E-state index in [9.17, 15) is 9.59 Å². The van der Waals surface area contributed by atoms with Crippen LogP contribution >= 0.6 is 23.2 Å².